The van der Waals surface area contributed by atoms with Crippen LogP contribution in [0.2, 0.25) is 0 Å². The topological polar surface area (TPSA) is 96.8 Å². The van der Waals surface area contributed by atoms with Crippen molar-refractivity contribution < 1.29 is 4.74 Å². The Labute approximate surface area is 180 Å². The van der Waals surface area contributed by atoms with Crippen molar-refractivity contribution in [3.63, 3.8) is 0 Å². The lowest BCUT2D eigenvalue weighted by Gasteiger charge is -2.28. The summed E-state index contributed by atoms with van der Waals surface area (Å²) < 4.78 is 7.37. The molecule has 0 atom stereocenters. The number of hydrogen-bond donors (Lipinski definition) is 2. The van der Waals surface area contributed by atoms with E-state index in [1.165, 1.54) is 5.69 Å². The third kappa shape index (κ3) is 4.22. The number of nitrogens with one attached hydrogen (secondary N) is 2. The molecule has 0 amide bonds. The summed E-state index contributed by atoms with van der Waals surface area (Å²) in [4.78, 5) is 11.8. The minimum Gasteiger partial charge on any atom is -0.378 e. The molecule has 3 aromatic heterocycles. The summed E-state index contributed by atoms with van der Waals surface area (Å²) in [6.45, 7) is 8.57. The highest BCUT2D eigenvalue weighted by molar-refractivity contribution is 5.88. The van der Waals surface area contributed by atoms with Crippen LogP contribution in [0.25, 0.3) is 22.4 Å². The standard InChI is InChI=1S/C22H26N8O/c1-15(2)13-30-14-16(11-24-30)21-26-19-12-23-28-20(19)22(27-21)25-17-3-5-18(6-4-17)29-7-9-31-10-8-29/h3-6,11-12,14-15H,7-10,13H2,1-2H3,(H,23,28)(H,25,26,27). The molecule has 2 N–H and O–H groups in total. The maximum atomic E-state index is 5.44. The molecule has 1 aliphatic heterocycles. The Morgan fingerprint density at radius 2 is 1.90 bits per heavy atom. The predicted molar refractivity (Wildman–Crippen MR) is 120 cm³/mol. The van der Waals surface area contributed by atoms with Crippen LogP contribution in [0.5, 0.6) is 0 Å². The van der Waals surface area contributed by atoms with Crippen LogP contribution in [-0.2, 0) is 11.3 Å². The fourth-order valence-corrected chi connectivity index (χ4v) is 3.73. The monoisotopic (exact) mass is 418 g/mol. The zero-order chi connectivity index (χ0) is 21.2. The van der Waals surface area contributed by atoms with E-state index < -0.39 is 0 Å². The molecular formula is C22H26N8O. The van der Waals surface area contributed by atoms with Gasteiger partial charge in [-0.1, -0.05) is 13.8 Å². The fourth-order valence-electron chi connectivity index (χ4n) is 3.73. The largest absolute Gasteiger partial charge is 0.378 e. The predicted octanol–water partition coefficient (Wildman–Crippen LogP) is 3.45. The molecule has 4 aromatic rings. The molecule has 0 radical (unpaired) electrons. The average Bonchev–Trinajstić information content (AvgIpc) is 3.44. The van der Waals surface area contributed by atoms with Crippen molar-refractivity contribution in [2.24, 2.45) is 5.92 Å². The number of aromatic amines is 1. The van der Waals surface area contributed by atoms with Crippen molar-refractivity contribution in [3.8, 4) is 11.4 Å². The number of hydrogen-bond acceptors (Lipinski definition) is 7. The highest BCUT2D eigenvalue weighted by atomic mass is 16.5. The Kier molecular flexibility index (Phi) is 5.25. The van der Waals surface area contributed by atoms with Crippen molar-refractivity contribution in [2.45, 2.75) is 20.4 Å². The van der Waals surface area contributed by atoms with E-state index in [1.54, 1.807) is 6.20 Å². The number of benzene rings is 1. The molecule has 1 aliphatic rings. The Morgan fingerprint density at radius 3 is 2.68 bits per heavy atom. The highest BCUT2D eigenvalue weighted by Crippen LogP contribution is 2.27. The summed E-state index contributed by atoms with van der Waals surface area (Å²) in [6, 6.07) is 8.37. The Hall–Kier alpha value is -3.46. The Morgan fingerprint density at radius 1 is 1.10 bits per heavy atom. The molecule has 31 heavy (non-hydrogen) atoms. The van der Waals surface area contributed by atoms with E-state index in [0.29, 0.717) is 17.6 Å². The minimum absolute atomic E-state index is 0.516. The summed E-state index contributed by atoms with van der Waals surface area (Å²) in [6.07, 6.45) is 5.51. The van der Waals surface area contributed by atoms with Gasteiger partial charge in [0.25, 0.3) is 0 Å². The lowest BCUT2D eigenvalue weighted by molar-refractivity contribution is 0.122. The van der Waals surface area contributed by atoms with Crippen molar-refractivity contribution >= 4 is 28.2 Å². The second-order valence-corrected chi connectivity index (χ2v) is 8.14. The van der Waals surface area contributed by atoms with Crippen molar-refractivity contribution in [1.82, 2.24) is 29.9 Å². The maximum absolute atomic E-state index is 5.44. The summed E-state index contributed by atoms with van der Waals surface area (Å²) in [5.74, 6) is 1.83. The van der Waals surface area contributed by atoms with Crippen LogP contribution < -0.4 is 10.2 Å². The third-order valence-corrected chi connectivity index (χ3v) is 5.25. The first-order chi connectivity index (χ1) is 15.2. The number of nitrogens with zero attached hydrogens (tertiary/aromatic N) is 6. The Balaban J connectivity index is 1.41. The van der Waals surface area contributed by atoms with Gasteiger partial charge in [-0.05, 0) is 30.2 Å². The SMILES string of the molecule is CC(C)Cn1cc(-c2nc(Nc3ccc(N4CCOCC4)cc3)c3[nH]ncc3n2)cn1. The average molecular weight is 419 g/mol. The van der Waals surface area contributed by atoms with Gasteiger partial charge in [-0.25, -0.2) is 9.97 Å². The van der Waals surface area contributed by atoms with Crippen LogP contribution in [0.1, 0.15) is 13.8 Å². The van der Waals surface area contributed by atoms with Gasteiger partial charge in [-0.3, -0.25) is 9.78 Å². The van der Waals surface area contributed by atoms with E-state index in [2.05, 4.69) is 68.6 Å². The van der Waals surface area contributed by atoms with E-state index in [0.717, 1.165) is 55.1 Å². The molecule has 0 spiro atoms. The van der Waals surface area contributed by atoms with Crippen LogP contribution in [0.3, 0.4) is 0 Å². The van der Waals surface area contributed by atoms with Gasteiger partial charge in [-0.2, -0.15) is 10.2 Å². The van der Waals surface area contributed by atoms with Gasteiger partial charge in [0.05, 0.1) is 31.2 Å². The first kappa shape index (κ1) is 19.5. The van der Waals surface area contributed by atoms with Crippen LogP contribution in [0, 0.1) is 5.92 Å². The van der Waals surface area contributed by atoms with Crippen LogP contribution in [0.4, 0.5) is 17.2 Å². The number of aromatic nitrogens is 6. The third-order valence-electron chi connectivity index (χ3n) is 5.25. The molecule has 160 valence electrons. The van der Waals surface area contributed by atoms with Gasteiger partial charge >= 0.3 is 0 Å². The van der Waals surface area contributed by atoms with Crippen molar-refractivity contribution in [2.75, 3.05) is 36.5 Å². The molecule has 0 bridgehead atoms. The van der Waals surface area contributed by atoms with E-state index in [1.807, 2.05) is 17.1 Å². The molecule has 0 aliphatic carbocycles. The van der Waals surface area contributed by atoms with Gasteiger partial charge in [0.15, 0.2) is 11.6 Å². The number of rotatable bonds is 6. The molecule has 9 heteroatoms. The van der Waals surface area contributed by atoms with Gasteiger partial charge in [0.1, 0.15) is 11.0 Å². The van der Waals surface area contributed by atoms with E-state index in [-0.39, 0.29) is 0 Å². The molecular weight excluding hydrogens is 392 g/mol. The van der Waals surface area contributed by atoms with Gasteiger partial charge in [0, 0.05) is 37.2 Å². The van der Waals surface area contributed by atoms with Gasteiger partial charge in [-0.15, -0.1) is 0 Å². The number of fused-ring (bicyclic) bond motifs is 1. The van der Waals surface area contributed by atoms with Crippen LogP contribution in [0.15, 0.2) is 42.9 Å². The van der Waals surface area contributed by atoms with E-state index in [9.17, 15) is 0 Å². The first-order valence-corrected chi connectivity index (χ1v) is 10.6. The maximum Gasteiger partial charge on any atom is 0.165 e. The zero-order valence-electron chi connectivity index (χ0n) is 17.7. The normalized spacial score (nSPS) is 14.5. The Bertz CT molecular complexity index is 1160. The molecule has 1 aromatic carbocycles. The molecule has 1 saturated heterocycles. The van der Waals surface area contributed by atoms with E-state index >= 15 is 0 Å². The number of ether oxygens (including phenoxy) is 1. The van der Waals surface area contributed by atoms with Crippen LogP contribution >= 0.6 is 0 Å². The molecule has 0 unspecified atom stereocenters. The molecule has 9 nitrogen and oxygen atoms in total. The molecule has 1 fully saturated rings. The van der Waals surface area contributed by atoms with E-state index in [4.69, 9.17) is 9.72 Å². The molecule has 4 heterocycles. The van der Waals surface area contributed by atoms with Crippen LogP contribution in [-0.4, -0.2) is 56.2 Å². The quantitative estimate of drug-likeness (QED) is 0.495. The van der Waals surface area contributed by atoms with Gasteiger partial charge < -0.3 is 15.0 Å². The zero-order valence-corrected chi connectivity index (χ0v) is 17.7. The molecule has 5 rings (SSSR count). The second-order valence-electron chi connectivity index (χ2n) is 8.14. The molecule has 0 saturated carbocycles. The lowest BCUT2D eigenvalue weighted by Crippen LogP contribution is -2.36. The summed E-state index contributed by atoms with van der Waals surface area (Å²) >= 11 is 0. The fraction of sp³-hybridized carbons (Fsp3) is 0.364. The highest BCUT2D eigenvalue weighted by Gasteiger charge is 2.14. The number of anilines is 3. The summed E-state index contributed by atoms with van der Waals surface area (Å²) in [5.41, 5.74) is 4.56. The lowest BCUT2D eigenvalue weighted by atomic mass is 10.2. The minimum atomic E-state index is 0.516. The number of morpholine rings is 1. The van der Waals surface area contributed by atoms with Gasteiger partial charge in [0.2, 0.25) is 0 Å². The summed E-state index contributed by atoms with van der Waals surface area (Å²) in [7, 11) is 0. The number of H-pyrrole nitrogens is 1. The first-order valence-electron chi connectivity index (χ1n) is 10.6. The second kappa shape index (κ2) is 8.35. The smallest absolute Gasteiger partial charge is 0.165 e. The van der Waals surface area contributed by atoms with Crippen molar-refractivity contribution in [3.05, 3.63) is 42.9 Å². The summed E-state index contributed by atoms with van der Waals surface area (Å²) in [5, 5.41) is 15.0. The van der Waals surface area contributed by atoms with Crippen molar-refractivity contribution in [1.29, 1.82) is 0 Å².